The highest BCUT2D eigenvalue weighted by atomic mass is 16.5. The number of hydrogen-bond donors (Lipinski definition) is 1. The molecule has 0 aromatic rings. The fourth-order valence-electron chi connectivity index (χ4n) is 3.84. The predicted octanol–water partition coefficient (Wildman–Crippen LogP) is 1.51. The van der Waals surface area contributed by atoms with Gasteiger partial charge in [-0.1, -0.05) is 6.42 Å². The molecule has 3 saturated heterocycles. The van der Waals surface area contributed by atoms with Crippen LogP contribution in [0, 0.1) is 0 Å². The van der Waals surface area contributed by atoms with Crippen molar-refractivity contribution in [3.63, 3.8) is 0 Å². The van der Waals surface area contributed by atoms with Crippen LogP contribution < -0.4 is 5.73 Å². The maximum atomic E-state index is 6.14. The molecule has 0 radical (unpaired) electrons. The highest BCUT2D eigenvalue weighted by molar-refractivity contribution is 4.94. The van der Waals surface area contributed by atoms with E-state index >= 15 is 0 Å². The summed E-state index contributed by atoms with van der Waals surface area (Å²) in [6.45, 7) is 2.15. The van der Waals surface area contributed by atoms with Crippen molar-refractivity contribution < 1.29 is 4.74 Å². The summed E-state index contributed by atoms with van der Waals surface area (Å²) < 4.78 is 5.77. The standard InChI is InChI=1S/C13H24N2O/c14-10-7-11-3-1-4-12(8-10)15(11)9-13-5-2-6-16-13/h10-13H,1-9,14H2. The highest BCUT2D eigenvalue weighted by Gasteiger charge is 2.38. The Labute approximate surface area is 98.3 Å². The zero-order valence-electron chi connectivity index (χ0n) is 10.1. The van der Waals surface area contributed by atoms with Crippen molar-refractivity contribution in [1.29, 1.82) is 0 Å². The summed E-state index contributed by atoms with van der Waals surface area (Å²) in [7, 11) is 0. The molecule has 0 aromatic heterocycles. The highest BCUT2D eigenvalue weighted by Crippen LogP contribution is 2.34. The van der Waals surface area contributed by atoms with E-state index in [1.165, 1.54) is 51.5 Å². The van der Waals surface area contributed by atoms with Gasteiger partial charge in [0.25, 0.3) is 0 Å². The van der Waals surface area contributed by atoms with E-state index in [4.69, 9.17) is 10.5 Å². The van der Waals surface area contributed by atoms with E-state index in [0.717, 1.165) is 18.7 Å². The van der Waals surface area contributed by atoms with Crippen LogP contribution in [0.4, 0.5) is 0 Å². The minimum absolute atomic E-state index is 0.455. The molecule has 2 bridgehead atoms. The molecule has 3 aliphatic heterocycles. The second-order valence-corrected chi connectivity index (χ2v) is 5.80. The smallest absolute Gasteiger partial charge is 0.0703 e. The summed E-state index contributed by atoms with van der Waals surface area (Å²) in [5.74, 6) is 0. The molecule has 0 aliphatic carbocycles. The van der Waals surface area contributed by atoms with Crippen LogP contribution in [0.25, 0.3) is 0 Å². The van der Waals surface area contributed by atoms with Crippen LogP contribution >= 0.6 is 0 Å². The van der Waals surface area contributed by atoms with E-state index in [0.29, 0.717) is 12.1 Å². The van der Waals surface area contributed by atoms with E-state index < -0.39 is 0 Å². The number of piperidine rings is 2. The van der Waals surface area contributed by atoms with Gasteiger partial charge in [0.15, 0.2) is 0 Å². The van der Waals surface area contributed by atoms with Crippen LogP contribution in [0.1, 0.15) is 44.9 Å². The number of nitrogens with zero attached hydrogens (tertiary/aromatic N) is 1. The van der Waals surface area contributed by atoms with Gasteiger partial charge in [-0.15, -0.1) is 0 Å². The minimum Gasteiger partial charge on any atom is -0.377 e. The summed E-state index contributed by atoms with van der Waals surface area (Å²) in [6, 6.07) is 1.97. The van der Waals surface area contributed by atoms with Crippen molar-refractivity contribution in [2.45, 2.75) is 69.2 Å². The molecule has 3 unspecified atom stereocenters. The third kappa shape index (κ3) is 2.13. The zero-order chi connectivity index (χ0) is 11.0. The van der Waals surface area contributed by atoms with Gasteiger partial charge in [-0.3, -0.25) is 4.90 Å². The van der Waals surface area contributed by atoms with Gasteiger partial charge in [0.2, 0.25) is 0 Å². The van der Waals surface area contributed by atoms with Crippen LogP contribution in [0.2, 0.25) is 0 Å². The lowest BCUT2D eigenvalue weighted by Gasteiger charge is -2.49. The third-order valence-electron chi connectivity index (χ3n) is 4.60. The molecule has 0 aromatic carbocycles. The van der Waals surface area contributed by atoms with Gasteiger partial charge in [-0.2, -0.15) is 0 Å². The van der Waals surface area contributed by atoms with Gasteiger partial charge in [0, 0.05) is 31.3 Å². The number of ether oxygens (including phenoxy) is 1. The van der Waals surface area contributed by atoms with E-state index in [1.54, 1.807) is 0 Å². The molecule has 3 nitrogen and oxygen atoms in total. The lowest BCUT2D eigenvalue weighted by molar-refractivity contribution is -0.0130. The molecule has 3 atom stereocenters. The average molecular weight is 224 g/mol. The van der Waals surface area contributed by atoms with Crippen molar-refractivity contribution >= 4 is 0 Å². The first kappa shape index (κ1) is 11.0. The monoisotopic (exact) mass is 224 g/mol. The minimum atomic E-state index is 0.455. The molecule has 3 heterocycles. The van der Waals surface area contributed by atoms with Gasteiger partial charge in [0.05, 0.1) is 6.10 Å². The Bertz CT molecular complexity index is 226. The summed E-state index contributed by atoms with van der Waals surface area (Å²) in [6.07, 6.45) is 9.58. The van der Waals surface area contributed by atoms with Crippen molar-refractivity contribution in [3.8, 4) is 0 Å². The molecule has 0 saturated carbocycles. The molecule has 92 valence electrons. The van der Waals surface area contributed by atoms with Gasteiger partial charge in [-0.05, 0) is 38.5 Å². The predicted molar refractivity (Wildman–Crippen MR) is 64.3 cm³/mol. The second-order valence-electron chi connectivity index (χ2n) is 5.80. The summed E-state index contributed by atoms with van der Waals surface area (Å²) in [5.41, 5.74) is 6.14. The molecule has 0 amide bonds. The fourth-order valence-corrected chi connectivity index (χ4v) is 3.84. The lowest BCUT2D eigenvalue weighted by Crippen LogP contribution is -2.56. The number of fused-ring (bicyclic) bond motifs is 2. The van der Waals surface area contributed by atoms with E-state index in [2.05, 4.69) is 4.90 Å². The van der Waals surface area contributed by atoms with E-state index in [-0.39, 0.29) is 0 Å². The number of rotatable bonds is 2. The van der Waals surface area contributed by atoms with Crippen molar-refractivity contribution in [2.24, 2.45) is 5.73 Å². The maximum Gasteiger partial charge on any atom is 0.0703 e. The van der Waals surface area contributed by atoms with Gasteiger partial charge in [0.1, 0.15) is 0 Å². The van der Waals surface area contributed by atoms with Gasteiger partial charge < -0.3 is 10.5 Å². The molecule has 16 heavy (non-hydrogen) atoms. The molecule has 3 heteroatoms. The number of hydrogen-bond acceptors (Lipinski definition) is 3. The van der Waals surface area contributed by atoms with Crippen LogP contribution in [-0.2, 0) is 4.74 Å². The van der Waals surface area contributed by atoms with Gasteiger partial charge in [-0.25, -0.2) is 0 Å². The SMILES string of the molecule is NC1CC2CCCC(C1)N2CC1CCCO1. The van der Waals surface area contributed by atoms with Crippen molar-refractivity contribution in [2.75, 3.05) is 13.2 Å². The van der Waals surface area contributed by atoms with E-state index in [1.807, 2.05) is 0 Å². The average Bonchev–Trinajstić information content (AvgIpc) is 2.72. The van der Waals surface area contributed by atoms with Crippen LogP contribution in [0.3, 0.4) is 0 Å². The molecule has 3 aliphatic rings. The van der Waals surface area contributed by atoms with Crippen molar-refractivity contribution in [3.05, 3.63) is 0 Å². The Morgan fingerprint density at radius 2 is 1.81 bits per heavy atom. The third-order valence-corrected chi connectivity index (χ3v) is 4.60. The molecule has 0 spiro atoms. The maximum absolute atomic E-state index is 6.14. The fraction of sp³-hybridized carbons (Fsp3) is 1.00. The first-order valence-corrected chi connectivity index (χ1v) is 6.96. The van der Waals surface area contributed by atoms with Crippen LogP contribution in [0.15, 0.2) is 0 Å². The Hall–Kier alpha value is -0.120. The van der Waals surface area contributed by atoms with Gasteiger partial charge >= 0.3 is 0 Å². The van der Waals surface area contributed by atoms with Crippen molar-refractivity contribution in [1.82, 2.24) is 4.90 Å². The topological polar surface area (TPSA) is 38.5 Å². The summed E-state index contributed by atoms with van der Waals surface area (Å²) in [4.78, 5) is 2.73. The first-order chi connectivity index (χ1) is 7.83. The summed E-state index contributed by atoms with van der Waals surface area (Å²) >= 11 is 0. The largest absolute Gasteiger partial charge is 0.377 e. The Balaban J connectivity index is 1.64. The molecule has 3 fully saturated rings. The van der Waals surface area contributed by atoms with Crippen LogP contribution in [0.5, 0.6) is 0 Å². The quantitative estimate of drug-likeness (QED) is 0.772. The Morgan fingerprint density at radius 1 is 1.06 bits per heavy atom. The molecule has 3 rings (SSSR count). The first-order valence-electron chi connectivity index (χ1n) is 6.96. The van der Waals surface area contributed by atoms with Crippen LogP contribution in [-0.4, -0.2) is 42.3 Å². The second kappa shape index (κ2) is 4.63. The summed E-state index contributed by atoms with van der Waals surface area (Å²) in [5, 5.41) is 0. The normalized spacial score (nSPS) is 44.8. The Kier molecular flexibility index (Phi) is 3.18. The zero-order valence-corrected chi connectivity index (χ0v) is 10.1. The van der Waals surface area contributed by atoms with E-state index in [9.17, 15) is 0 Å². The number of nitrogens with two attached hydrogens (primary N) is 1. The molecular formula is C13H24N2O. The molecule has 2 N–H and O–H groups in total. The lowest BCUT2D eigenvalue weighted by atomic mass is 9.82. The Morgan fingerprint density at radius 3 is 2.44 bits per heavy atom. The molecular weight excluding hydrogens is 200 g/mol.